The number of nitrogens with zero attached hydrogens (tertiary/aromatic N) is 6. The predicted octanol–water partition coefficient (Wildman–Crippen LogP) is 20.6. The largest absolute Gasteiger partial charge is 0.310 e. The molecule has 14 rings (SSSR count). The zero-order valence-corrected chi connectivity index (χ0v) is 49.0. The zero-order valence-electron chi connectivity index (χ0n) is 49.0. The lowest BCUT2D eigenvalue weighted by molar-refractivity contribution is 0.660. The van der Waals surface area contributed by atoms with E-state index < -0.39 is 0 Å². The second-order valence-electron chi connectivity index (χ2n) is 22.6. The van der Waals surface area contributed by atoms with Crippen LogP contribution in [0.5, 0.6) is 0 Å². The summed E-state index contributed by atoms with van der Waals surface area (Å²) in [6, 6.07) is 107. The Kier molecular flexibility index (Phi) is 13.9. The summed E-state index contributed by atoms with van der Waals surface area (Å²) >= 11 is 0. The van der Waals surface area contributed by atoms with Gasteiger partial charge < -0.3 is 9.47 Å². The van der Waals surface area contributed by atoms with Crippen molar-refractivity contribution in [3.8, 4) is 39.1 Å². The van der Waals surface area contributed by atoms with Gasteiger partial charge in [-0.2, -0.15) is 0 Å². The number of amidine groups is 2. The van der Waals surface area contributed by atoms with Gasteiger partial charge in [-0.1, -0.05) is 184 Å². The normalized spacial score (nSPS) is 12.7. The molecular weight excluding hydrogens is 1040 g/mol. The van der Waals surface area contributed by atoms with Crippen LogP contribution in [-0.4, -0.2) is 30.3 Å². The highest BCUT2D eigenvalue weighted by Crippen LogP contribution is 2.52. The maximum atomic E-state index is 5.05. The van der Waals surface area contributed by atoms with Gasteiger partial charge in [-0.25, -0.2) is 0 Å². The fourth-order valence-electron chi connectivity index (χ4n) is 12.9. The van der Waals surface area contributed by atoms with Crippen molar-refractivity contribution >= 4 is 73.3 Å². The van der Waals surface area contributed by atoms with Crippen LogP contribution in [-0.2, 0) is 5.41 Å². The molecule has 6 nitrogen and oxygen atoms in total. The Labute approximate surface area is 504 Å². The number of hydrogen-bond donors (Lipinski definition) is 0. The molecule has 0 aliphatic heterocycles. The summed E-state index contributed by atoms with van der Waals surface area (Å²) in [4.78, 5) is 17.0. The molecule has 0 radical (unpaired) electrons. The third-order valence-electron chi connectivity index (χ3n) is 17.2. The number of rotatable bonds is 12. The van der Waals surface area contributed by atoms with Gasteiger partial charge in [0.05, 0.1) is 16.7 Å². The van der Waals surface area contributed by atoms with E-state index in [1.54, 1.807) is 0 Å². The number of aryl methyl sites for hydroxylation is 1. The first-order valence-electron chi connectivity index (χ1n) is 29.5. The predicted molar refractivity (Wildman–Crippen MR) is 364 cm³/mol. The molecular formula is C80H64N6. The van der Waals surface area contributed by atoms with Crippen molar-refractivity contribution in [1.82, 2.24) is 4.57 Å². The van der Waals surface area contributed by atoms with E-state index in [-0.39, 0.29) is 5.41 Å². The molecule has 0 saturated heterocycles. The second-order valence-corrected chi connectivity index (χ2v) is 22.6. The molecule has 1 aromatic heterocycles. The first-order valence-corrected chi connectivity index (χ1v) is 29.5. The molecule has 0 amide bonds. The number of aliphatic imine (C=N–C) groups is 2. The minimum absolute atomic E-state index is 0.317. The first-order chi connectivity index (χ1) is 42.2. The molecule has 1 aliphatic rings. The van der Waals surface area contributed by atoms with E-state index >= 15 is 0 Å². The van der Waals surface area contributed by atoms with Gasteiger partial charge in [0.25, 0.3) is 0 Å². The van der Waals surface area contributed by atoms with Crippen molar-refractivity contribution in [2.24, 2.45) is 9.98 Å². The van der Waals surface area contributed by atoms with Crippen LogP contribution in [0.25, 0.3) is 60.9 Å². The molecule has 86 heavy (non-hydrogen) atoms. The fraction of sp³-hybridized carbons (Fsp3) is 0.0750. The van der Waals surface area contributed by atoms with Crippen LogP contribution in [0.2, 0.25) is 0 Å². The van der Waals surface area contributed by atoms with Crippen molar-refractivity contribution in [2.75, 3.05) is 28.8 Å². The SMILES string of the molecule is CN=C(c1ccc2c(c1)C(C)(C)c1cc(N(c3ccc(-c4ccccc4)cc3)c3ccc(-c4ccc5c(c4)c4cc(C(=NC)N(c6ccccc6)c6ccccc6C)ccc4n5-c4ccccc4)cc3)ccc1-2)N(c1ccccc1)c1ccccc1. The molecule has 414 valence electrons. The molecule has 12 aromatic carbocycles. The van der Waals surface area contributed by atoms with E-state index in [1.807, 2.05) is 14.1 Å². The van der Waals surface area contributed by atoms with Crippen LogP contribution < -0.4 is 14.7 Å². The molecule has 0 spiro atoms. The van der Waals surface area contributed by atoms with Crippen molar-refractivity contribution in [2.45, 2.75) is 26.2 Å². The van der Waals surface area contributed by atoms with E-state index in [9.17, 15) is 0 Å². The lowest BCUT2D eigenvalue weighted by Crippen LogP contribution is -2.27. The van der Waals surface area contributed by atoms with Gasteiger partial charge in [-0.05, 0) is 184 Å². The molecule has 0 saturated carbocycles. The molecule has 6 heteroatoms. The second kappa shape index (κ2) is 22.4. The van der Waals surface area contributed by atoms with Gasteiger partial charge >= 0.3 is 0 Å². The molecule has 0 N–H and O–H groups in total. The number of para-hydroxylation sites is 5. The van der Waals surface area contributed by atoms with Crippen LogP contribution in [0.15, 0.2) is 307 Å². The van der Waals surface area contributed by atoms with E-state index in [0.717, 1.165) is 95.8 Å². The smallest absolute Gasteiger partial charge is 0.139 e. The van der Waals surface area contributed by atoms with Gasteiger partial charge in [-0.3, -0.25) is 19.8 Å². The molecule has 13 aromatic rings. The van der Waals surface area contributed by atoms with Gasteiger partial charge in [0.15, 0.2) is 0 Å². The maximum Gasteiger partial charge on any atom is 0.139 e. The van der Waals surface area contributed by atoms with Gasteiger partial charge in [-0.15, -0.1) is 0 Å². The first kappa shape index (κ1) is 53.2. The Morgan fingerprint density at radius 3 is 1.35 bits per heavy atom. The van der Waals surface area contributed by atoms with Gasteiger partial charge in [0, 0.05) is 81.2 Å². The van der Waals surface area contributed by atoms with Crippen molar-refractivity contribution in [3.63, 3.8) is 0 Å². The molecule has 0 unspecified atom stereocenters. The maximum absolute atomic E-state index is 5.05. The third kappa shape index (κ3) is 9.51. The lowest BCUT2D eigenvalue weighted by Gasteiger charge is -2.29. The summed E-state index contributed by atoms with van der Waals surface area (Å²) in [7, 11) is 3.79. The quantitative estimate of drug-likeness (QED) is 0.0904. The number of fused-ring (bicyclic) bond motifs is 6. The van der Waals surface area contributed by atoms with Crippen LogP contribution in [0.4, 0.5) is 39.8 Å². The summed E-state index contributed by atoms with van der Waals surface area (Å²) in [6.07, 6.45) is 0. The van der Waals surface area contributed by atoms with Crippen LogP contribution in [0.1, 0.15) is 41.7 Å². The van der Waals surface area contributed by atoms with Crippen LogP contribution >= 0.6 is 0 Å². The molecule has 1 heterocycles. The highest BCUT2D eigenvalue weighted by atomic mass is 15.2. The number of hydrogen-bond acceptors (Lipinski definition) is 3. The van der Waals surface area contributed by atoms with Gasteiger partial charge in [0.2, 0.25) is 0 Å². The van der Waals surface area contributed by atoms with E-state index in [4.69, 9.17) is 9.98 Å². The fourth-order valence-corrected chi connectivity index (χ4v) is 12.9. The number of anilines is 7. The minimum atomic E-state index is -0.317. The van der Waals surface area contributed by atoms with Crippen molar-refractivity contribution in [1.29, 1.82) is 0 Å². The van der Waals surface area contributed by atoms with E-state index in [0.29, 0.717) is 0 Å². The molecule has 0 atom stereocenters. The Morgan fingerprint density at radius 1 is 0.349 bits per heavy atom. The van der Waals surface area contributed by atoms with Crippen LogP contribution in [0.3, 0.4) is 0 Å². The summed E-state index contributed by atoms with van der Waals surface area (Å²) in [5, 5.41) is 2.32. The molecule has 1 aliphatic carbocycles. The van der Waals surface area contributed by atoms with Crippen LogP contribution in [0, 0.1) is 6.92 Å². The lowest BCUT2D eigenvalue weighted by atomic mass is 9.81. The molecule has 0 fully saturated rings. The number of benzene rings is 12. The van der Waals surface area contributed by atoms with Gasteiger partial charge in [0.1, 0.15) is 11.7 Å². The third-order valence-corrected chi connectivity index (χ3v) is 17.2. The summed E-state index contributed by atoms with van der Waals surface area (Å²) in [5.41, 5.74) is 23.5. The zero-order chi connectivity index (χ0) is 58.3. The Balaban J connectivity index is 0.850. The Bertz CT molecular complexity index is 4630. The summed E-state index contributed by atoms with van der Waals surface area (Å²) < 4.78 is 2.39. The standard InChI is InChI=1S/C80H64N6/c1-55-23-21-22-34-75(55)86(65-32-19-10-20-33-65)79(82-5)60-41-50-77-72(52-60)71-51-59(40-49-76(71)85(77)64-30-17-9-18-31-64)58-37-44-67(45-38-58)83(66-42-35-57(36-43-66)56-24-11-6-12-25-56)68-46-48-70-69-47-39-61(53-73(69)80(2,3)74(70)54-68)78(81-4)84(62-26-13-7-14-27-62)63-28-15-8-16-29-63/h6-54H,1-5H3. The highest BCUT2D eigenvalue weighted by Gasteiger charge is 2.37. The molecule has 0 bridgehead atoms. The number of aromatic nitrogens is 1. The topological polar surface area (TPSA) is 39.4 Å². The minimum Gasteiger partial charge on any atom is -0.310 e. The van der Waals surface area contributed by atoms with E-state index in [1.165, 1.54) is 44.3 Å². The van der Waals surface area contributed by atoms with E-state index in [2.05, 4.69) is 337 Å². The Hall–Kier alpha value is -10.8. The average Bonchev–Trinajstić information content (AvgIpc) is 1.68. The average molecular weight is 1110 g/mol. The van der Waals surface area contributed by atoms with Crippen molar-refractivity contribution in [3.05, 3.63) is 325 Å². The highest BCUT2D eigenvalue weighted by molar-refractivity contribution is 6.19. The monoisotopic (exact) mass is 1110 g/mol. The summed E-state index contributed by atoms with van der Waals surface area (Å²) in [5.74, 6) is 1.76. The van der Waals surface area contributed by atoms with Crippen molar-refractivity contribution < 1.29 is 0 Å². The Morgan fingerprint density at radius 2 is 0.767 bits per heavy atom. The summed E-state index contributed by atoms with van der Waals surface area (Å²) in [6.45, 7) is 6.89.